The molecule has 0 aromatic heterocycles. The summed E-state index contributed by atoms with van der Waals surface area (Å²) in [6, 6.07) is 0. The Morgan fingerprint density at radius 1 is 1.57 bits per heavy atom. The third kappa shape index (κ3) is 2.69. The zero-order chi connectivity index (χ0) is 10.6. The molecule has 1 heterocycles. The fourth-order valence-electron chi connectivity index (χ4n) is 1.55. The number of hydrogen-bond donors (Lipinski definition) is 2. The molecule has 14 heavy (non-hydrogen) atoms. The quantitative estimate of drug-likeness (QED) is 0.490. The van der Waals surface area contributed by atoms with Crippen LogP contribution >= 0.6 is 0 Å². The first-order chi connectivity index (χ1) is 6.66. The molecule has 2 N–H and O–H groups in total. The molecule has 0 radical (unpaired) electrons. The summed E-state index contributed by atoms with van der Waals surface area (Å²) in [6.07, 6.45) is 2.40. The van der Waals surface area contributed by atoms with Gasteiger partial charge in [0.15, 0.2) is 0 Å². The van der Waals surface area contributed by atoms with Crippen LogP contribution in [0.5, 0.6) is 0 Å². The van der Waals surface area contributed by atoms with E-state index in [0.717, 1.165) is 19.3 Å². The normalized spacial score (nSPS) is 28.1. The van der Waals surface area contributed by atoms with Gasteiger partial charge in [0.2, 0.25) is 5.91 Å². The first kappa shape index (κ1) is 11.5. The molecule has 1 amide bonds. The molecule has 0 spiro atoms. The lowest BCUT2D eigenvalue weighted by molar-refractivity contribution is -0.163. The van der Waals surface area contributed by atoms with Gasteiger partial charge in [0.25, 0.3) is 0 Å². The number of aliphatic hydroxyl groups is 1. The second-order valence-electron chi connectivity index (χ2n) is 3.77. The van der Waals surface area contributed by atoms with Gasteiger partial charge in [-0.05, 0) is 13.3 Å². The first-order valence-electron chi connectivity index (χ1n) is 5.27. The Kier molecular flexibility index (Phi) is 4.35. The van der Waals surface area contributed by atoms with Gasteiger partial charge in [-0.1, -0.05) is 19.8 Å². The van der Waals surface area contributed by atoms with Crippen LogP contribution in [0.4, 0.5) is 0 Å². The Morgan fingerprint density at radius 2 is 2.29 bits per heavy atom. The smallest absolute Gasteiger partial charge is 0.232 e. The number of nitrogens with one attached hydrogen (secondary N) is 1. The third-order valence-corrected chi connectivity index (χ3v) is 2.48. The van der Waals surface area contributed by atoms with Crippen LogP contribution in [0.3, 0.4) is 0 Å². The Morgan fingerprint density at radius 3 is 2.79 bits per heavy atom. The summed E-state index contributed by atoms with van der Waals surface area (Å²) in [6.45, 7) is 4.40. The highest BCUT2D eigenvalue weighted by Gasteiger charge is 2.43. The van der Waals surface area contributed by atoms with Crippen LogP contribution in [0, 0.1) is 5.92 Å². The predicted molar refractivity (Wildman–Crippen MR) is 52.6 cm³/mol. The minimum Gasteiger partial charge on any atom is -0.392 e. The molecular weight excluding hydrogens is 182 g/mol. The largest absolute Gasteiger partial charge is 0.392 e. The number of β-lactam (4-membered cyclic amide) rings is 1. The molecule has 1 aliphatic rings. The average Bonchev–Trinajstić information content (AvgIpc) is 2.08. The monoisotopic (exact) mass is 201 g/mol. The zero-order valence-electron chi connectivity index (χ0n) is 8.82. The summed E-state index contributed by atoms with van der Waals surface area (Å²) in [5.41, 5.74) is 0. The number of unbranched alkanes of at least 4 members (excludes halogenated alkanes) is 2. The molecular formula is C10H19NO3. The molecule has 3 atom stereocenters. The highest BCUT2D eigenvalue weighted by atomic mass is 16.5. The number of rotatable bonds is 6. The van der Waals surface area contributed by atoms with Gasteiger partial charge in [0.05, 0.1) is 6.10 Å². The van der Waals surface area contributed by atoms with E-state index in [9.17, 15) is 9.90 Å². The summed E-state index contributed by atoms with van der Waals surface area (Å²) in [4.78, 5) is 11.0. The lowest BCUT2D eigenvalue weighted by atomic mass is 9.93. The van der Waals surface area contributed by atoms with E-state index in [1.54, 1.807) is 6.92 Å². The van der Waals surface area contributed by atoms with Crippen molar-refractivity contribution in [2.75, 3.05) is 6.61 Å². The highest BCUT2D eigenvalue weighted by Crippen LogP contribution is 2.20. The van der Waals surface area contributed by atoms with Gasteiger partial charge in [-0.15, -0.1) is 0 Å². The van der Waals surface area contributed by atoms with E-state index < -0.39 is 6.10 Å². The summed E-state index contributed by atoms with van der Waals surface area (Å²) in [5.74, 6) is -0.489. The maximum Gasteiger partial charge on any atom is 0.232 e. The fraction of sp³-hybridized carbons (Fsp3) is 0.900. The molecule has 1 rings (SSSR count). The van der Waals surface area contributed by atoms with Crippen molar-refractivity contribution in [3.63, 3.8) is 0 Å². The maximum atomic E-state index is 11.0. The van der Waals surface area contributed by atoms with E-state index >= 15 is 0 Å². The van der Waals surface area contributed by atoms with Gasteiger partial charge in [-0.2, -0.15) is 0 Å². The molecule has 1 unspecified atom stereocenters. The molecule has 1 aliphatic heterocycles. The maximum absolute atomic E-state index is 11.0. The summed E-state index contributed by atoms with van der Waals surface area (Å²) >= 11 is 0. The van der Waals surface area contributed by atoms with Crippen molar-refractivity contribution in [1.29, 1.82) is 0 Å². The summed E-state index contributed by atoms with van der Waals surface area (Å²) < 4.78 is 5.43. The molecule has 0 saturated carbocycles. The standard InChI is InChI=1S/C10H19NO3/c1-3-4-5-6-14-10-8(7(2)12)9(13)11-10/h7-8,10,12H,3-6H2,1-2H3,(H,11,13)/t7?,8-,10+/m0/s1. The number of carbonyl (C=O) groups excluding carboxylic acids is 1. The zero-order valence-corrected chi connectivity index (χ0v) is 8.82. The van der Waals surface area contributed by atoms with Crippen molar-refractivity contribution in [2.45, 2.75) is 45.4 Å². The summed E-state index contributed by atoms with van der Waals surface area (Å²) in [7, 11) is 0. The van der Waals surface area contributed by atoms with Crippen molar-refractivity contribution in [3.8, 4) is 0 Å². The van der Waals surface area contributed by atoms with Crippen molar-refractivity contribution in [3.05, 3.63) is 0 Å². The predicted octanol–water partition coefficient (Wildman–Crippen LogP) is 0.646. The topological polar surface area (TPSA) is 58.6 Å². The van der Waals surface area contributed by atoms with E-state index in [0.29, 0.717) is 6.61 Å². The number of aliphatic hydroxyl groups excluding tert-OH is 1. The minimum atomic E-state index is -0.625. The molecule has 1 saturated heterocycles. The molecule has 4 nitrogen and oxygen atoms in total. The van der Waals surface area contributed by atoms with Crippen LogP contribution in [0.15, 0.2) is 0 Å². The van der Waals surface area contributed by atoms with Gasteiger partial charge < -0.3 is 15.2 Å². The number of ether oxygens (including phenoxy) is 1. The molecule has 82 valence electrons. The van der Waals surface area contributed by atoms with Crippen molar-refractivity contribution >= 4 is 5.91 Å². The lowest BCUT2D eigenvalue weighted by Gasteiger charge is -2.37. The fourth-order valence-corrected chi connectivity index (χ4v) is 1.55. The van der Waals surface area contributed by atoms with E-state index in [2.05, 4.69) is 12.2 Å². The van der Waals surface area contributed by atoms with Gasteiger partial charge in [-0.3, -0.25) is 4.79 Å². The summed E-state index contributed by atoms with van der Waals surface area (Å²) in [5, 5.41) is 11.9. The van der Waals surface area contributed by atoms with E-state index in [4.69, 9.17) is 4.74 Å². The van der Waals surface area contributed by atoms with Gasteiger partial charge in [0.1, 0.15) is 12.1 Å². The second kappa shape index (κ2) is 5.32. The number of hydrogen-bond acceptors (Lipinski definition) is 3. The van der Waals surface area contributed by atoms with Gasteiger partial charge in [-0.25, -0.2) is 0 Å². The Balaban J connectivity index is 2.16. The van der Waals surface area contributed by atoms with Crippen molar-refractivity contribution < 1.29 is 14.6 Å². The first-order valence-corrected chi connectivity index (χ1v) is 5.27. The van der Waals surface area contributed by atoms with Crippen molar-refractivity contribution in [2.24, 2.45) is 5.92 Å². The van der Waals surface area contributed by atoms with Gasteiger partial charge in [0, 0.05) is 6.61 Å². The minimum absolute atomic E-state index is 0.111. The molecule has 0 aromatic carbocycles. The molecule has 1 fully saturated rings. The number of carbonyl (C=O) groups is 1. The van der Waals surface area contributed by atoms with Crippen LogP contribution in [-0.2, 0) is 9.53 Å². The number of amides is 1. The molecule has 4 heteroatoms. The SMILES string of the molecule is CCCCCO[C@H]1NC(=O)[C@@H]1C(C)O. The average molecular weight is 201 g/mol. The highest BCUT2D eigenvalue weighted by molar-refractivity contribution is 5.85. The van der Waals surface area contributed by atoms with Crippen LogP contribution in [0.2, 0.25) is 0 Å². The van der Waals surface area contributed by atoms with E-state index in [1.165, 1.54) is 0 Å². The molecule has 0 aliphatic carbocycles. The molecule has 0 bridgehead atoms. The van der Waals surface area contributed by atoms with Crippen molar-refractivity contribution in [1.82, 2.24) is 5.32 Å². The lowest BCUT2D eigenvalue weighted by Crippen LogP contribution is -2.63. The van der Waals surface area contributed by atoms with E-state index in [1.807, 2.05) is 0 Å². The third-order valence-electron chi connectivity index (χ3n) is 2.48. The Hall–Kier alpha value is -0.610. The van der Waals surface area contributed by atoms with Crippen LogP contribution in [0.1, 0.15) is 33.1 Å². The van der Waals surface area contributed by atoms with Crippen LogP contribution in [0.25, 0.3) is 0 Å². The van der Waals surface area contributed by atoms with Crippen LogP contribution < -0.4 is 5.32 Å². The molecule has 0 aromatic rings. The van der Waals surface area contributed by atoms with Crippen LogP contribution in [-0.4, -0.2) is 30.0 Å². The second-order valence-corrected chi connectivity index (χ2v) is 3.77. The Bertz CT molecular complexity index is 194. The Labute approximate surface area is 84.6 Å². The van der Waals surface area contributed by atoms with E-state index in [-0.39, 0.29) is 18.1 Å². The van der Waals surface area contributed by atoms with Gasteiger partial charge >= 0.3 is 0 Å².